The smallest absolute Gasteiger partial charge is 0.0283 e. The van der Waals surface area contributed by atoms with Crippen LogP contribution in [0.4, 0.5) is 0 Å². The molecule has 0 amide bonds. The van der Waals surface area contributed by atoms with Crippen molar-refractivity contribution >= 4 is 0 Å². The van der Waals surface area contributed by atoms with Gasteiger partial charge in [-0.25, -0.2) is 0 Å². The van der Waals surface area contributed by atoms with Gasteiger partial charge in [-0.15, -0.1) is 0 Å². The molecule has 0 heterocycles. The van der Waals surface area contributed by atoms with Gasteiger partial charge in [-0.05, 0) is 33.6 Å². The average molecular weight is 150 g/mol. The third-order valence-electron chi connectivity index (χ3n) is 1.90. The normalized spacial score (nSPS) is 13.4. The van der Waals surface area contributed by atoms with E-state index in [-0.39, 0.29) is 0 Å². The van der Waals surface area contributed by atoms with Crippen LogP contribution in [0.2, 0.25) is 0 Å². The lowest BCUT2D eigenvalue weighted by molar-refractivity contribution is 0.961. The fourth-order valence-corrected chi connectivity index (χ4v) is 0.838. The Hall–Kier alpha value is -0.780. The number of allylic oxidation sites excluding steroid dienone is 5. The van der Waals surface area contributed by atoms with Gasteiger partial charge in [-0.2, -0.15) is 0 Å². The maximum atomic E-state index is 3.73. The van der Waals surface area contributed by atoms with Gasteiger partial charge in [0.15, 0.2) is 0 Å². The molecule has 0 atom stereocenters. The summed E-state index contributed by atoms with van der Waals surface area (Å²) in [5.74, 6) is 0. The molecular formula is C11H18. The molecule has 0 aliphatic rings. The van der Waals surface area contributed by atoms with Gasteiger partial charge in [-0.3, -0.25) is 0 Å². The summed E-state index contributed by atoms with van der Waals surface area (Å²) in [6.07, 6.45) is 8.51. The summed E-state index contributed by atoms with van der Waals surface area (Å²) in [5, 5.41) is 0. The van der Waals surface area contributed by atoms with Gasteiger partial charge in [0.1, 0.15) is 0 Å². The van der Waals surface area contributed by atoms with Crippen molar-refractivity contribution in [1.29, 1.82) is 0 Å². The van der Waals surface area contributed by atoms with Gasteiger partial charge in [-0.1, -0.05) is 36.0 Å². The largest absolute Gasteiger partial charge is 0.0988 e. The SMILES string of the molecule is C=C/C(C)=C(/C)CC/C=C/C. The average Bonchev–Trinajstić information content (AvgIpc) is 2.03. The summed E-state index contributed by atoms with van der Waals surface area (Å²) < 4.78 is 0. The fourth-order valence-electron chi connectivity index (χ4n) is 0.838. The second-order valence-electron chi connectivity index (χ2n) is 2.78. The molecule has 0 aromatic rings. The zero-order valence-electron chi connectivity index (χ0n) is 7.85. The van der Waals surface area contributed by atoms with Crippen molar-refractivity contribution in [3.63, 3.8) is 0 Å². The lowest BCUT2D eigenvalue weighted by Crippen LogP contribution is -1.80. The molecule has 0 fully saturated rings. The topological polar surface area (TPSA) is 0 Å². The zero-order chi connectivity index (χ0) is 8.69. The molecular weight excluding hydrogens is 132 g/mol. The van der Waals surface area contributed by atoms with Crippen LogP contribution in [0.3, 0.4) is 0 Å². The maximum absolute atomic E-state index is 3.73. The Labute approximate surface area is 70.3 Å². The molecule has 0 bridgehead atoms. The van der Waals surface area contributed by atoms with Crippen molar-refractivity contribution in [2.75, 3.05) is 0 Å². The maximum Gasteiger partial charge on any atom is -0.0283 e. The van der Waals surface area contributed by atoms with Gasteiger partial charge in [0.25, 0.3) is 0 Å². The van der Waals surface area contributed by atoms with Crippen molar-refractivity contribution in [2.45, 2.75) is 33.6 Å². The van der Waals surface area contributed by atoms with Crippen LogP contribution in [-0.2, 0) is 0 Å². The van der Waals surface area contributed by atoms with Crippen LogP contribution >= 0.6 is 0 Å². The molecule has 0 aliphatic heterocycles. The molecule has 0 heteroatoms. The van der Waals surface area contributed by atoms with E-state index in [0.717, 1.165) is 12.8 Å². The molecule has 11 heavy (non-hydrogen) atoms. The van der Waals surface area contributed by atoms with E-state index in [2.05, 4.69) is 39.5 Å². The van der Waals surface area contributed by atoms with Crippen LogP contribution in [0.15, 0.2) is 36.0 Å². The van der Waals surface area contributed by atoms with E-state index in [1.54, 1.807) is 0 Å². The molecule has 0 spiro atoms. The number of rotatable bonds is 4. The molecule has 0 aliphatic carbocycles. The van der Waals surface area contributed by atoms with Crippen LogP contribution in [0.25, 0.3) is 0 Å². The van der Waals surface area contributed by atoms with E-state index < -0.39 is 0 Å². The predicted molar refractivity (Wildman–Crippen MR) is 52.6 cm³/mol. The predicted octanol–water partition coefficient (Wildman–Crippen LogP) is 3.87. The second kappa shape index (κ2) is 5.96. The van der Waals surface area contributed by atoms with E-state index in [1.165, 1.54) is 11.1 Å². The highest BCUT2D eigenvalue weighted by Crippen LogP contribution is 2.10. The highest BCUT2D eigenvalue weighted by atomic mass is 14.0. The highest BCUT2D eigenvalue weighted by Gasteiger charge is 1.90. The monoisotopic (exact) mass is 150 g/mol. The summed E-state index contributed by atoms with van der Waals surface area (Å²) in [5.41, 5.74) is 2.76. The Kier molecular flexibility index (Phi) is 5.54. The summed E-state index contributed by atoms with van der Waals surface area (Å²) >= 11 is 0. The highest BCUT2D eigenvalue weighted by molar-refractivity contribution is 5.20. The Bertz CT molecular complexity index is 170. The van der Waals surface area contributed by atoms with Gasteiger partial charge in [0.05, 0.1) is 0 Å². The Morgan fingerprint density at radius 3 is 2.45 bits per heavy atom. The first-order valence-electron chi connectivity index (χ1n) is 4.12. The van der Waals surface area contributed by atoms with E-state index in [0.29, 0.717) is 0 Å². The molecule has 0 unspecified atom stereocenters. The summed E-state index contributed by atoms with van der Waals surface area (Å²) in [4.78, 5) is 0. The zero-order valence-corrected chi connectivity index (χ0v) is 7.85. The molecule has 0 radical (unpaired) electrons. The standard InChI is InChI=1S/C11H18/c1-5-7-8-9-11(4)10(3)6-2/h5-7H,2,8-9H2,1,3-4H3/b7-5+,11-10-. The minimum absolute atomic E-state index is 1.15. The van der Waals surface area contributed by atoms with Crippen LogP contribution in [0.1, 0.15) is 33.6 Å². The first-order valence-corrected chi connectivity index (χ1v) is 4.12. The van der Waals surface area contributed by atoms with Crippen LogP contribution < -0.4 is 0 Å². The van der Waals surface area contributed by atoms with Gasteiger partial charge < -0.3 is 0 Å². The number of hydrogen-bond acceptors (Lipinski definition) is 0. The van der Waals surface area contributed by atoms with Crippen molar-refractivity contribution in [2.24, 2.45) is 0 Å². The van der Waals surface area contributed by atoms with Crippen LogP contribution in [0, 0.1) is 0 Å². The third kappa shape index (κ3) is 4.60. The summed E-state index contributed by atoms with van der Waals surface area (Å²) in [7, 11) is 0. The second-order valence-corrected chi connectivity index (χ2v) is 2.78. The van der Waals surface area contributed by atoms with Crippen LogP contribution in [0.5, 0.6) is 0 Å². The summed E-state index contributed by atoms with van der Waals surface area (Å²) in [6.45, 7) is 10.1. The van der Waals surface area contributed by atoms with Gasteiger partial charge in [0, 0.05) is 0 Å². The fraction of sp³-hybridized carbons (Fsp3) is 0.455. The Morgan fingerprint density at radius 1 is 1.36 bits per heavy atom. The van der Waals surface area contributed by atoms with Crippen molar-refractivity contribution in [1.82, 2.24) is 0 Å². The van der Waals surface area contributed by atoms with E-state index in [1.807, 2.05) is 6.08 Å². The molecule has 0 saturated heterocycles. The van der Waals surface area contributed by atoms with Crippen molar-refractivity contribution in [3.8, 4) is 0 Å². The third-order valence-corrected chi connectivity index (χ3v) is 1.90. The first kappa shape index (κ1) is 10.2. The minimum Gasteiger partial charge on any atom is -0.0988 e. The lowest BCUT2D eigenvalue weighted by atomic mass is 10.1. The van der Waals surface area contributed by atoms with Crippen molar-refractivity contribution in [3.05, 3.63) is 36.0 Å². The molecule has 0 aromatic carbocycles. The Balaban J connectivity index is 3.85. The van der Waals surface area contributed by atoms with E-state index in [4.69, 9.17) is 0 Å². The molecule has 62 valence electrons. The molecule has 0 saturated carbocycles. The Morgan fingerprint density at radius 2 is 2.00 bits per heavy atom. The molecule has 0 nitrogen and oxygen atoms in total. The van der Waals surface area contributed by atoms with Crippen LogP contribution in [-0.4, -0.2) is 0 Å². The number of hydrogen-bond donors (Lipinski definition) is 0. The molecule has 0 N–H and O–H groups in total. The first-order chi connectivity index (χ1) is 5.22. The quantitative estimate of drug-likeness (QED) is 0.421. The van der Waals surface area contributed by atoms with E-state index in [9.17, 15) is 0 Å². The van der Waals surface area contributed by atoms with Crippen molar-refractivity contribution < 1.29 is 0 Å². The lowest BCUT2D eigenvalue weighted by Gasteiger charge is -2.00. The summed E-state index contributed by atoms with van der Waals surface area (Å²) in [6, 6.07) is 0. The van der Waals surface area contributed by atoms with E-state index >= 15 is 0 Å². The minimum atomic E-state index is 1.15. The van der Waals surface area contributed by atoms with Gasteiger partial charge in [0.2, 0.25) is 0 Å². The molecule has 0 rings (SSSR count). The van der Waals surface area contributed by atoms with Gasteiger partial charge >= 0.3 is 0 Å². The molecule has 0 aromatic heterocycles.